The van der Waals surface area contributed by atoms with Crippen LogP contribution in [0.1, 0.15) is 24.6 Å². The number of hydrogen-bond donors (Lipinski definition) is 1. The van der Waals surface area contributed by atoms with Crippen LogP contribution in [-0.4, -0.2) is 21.3 Å². The molecule has 1 aromatic rings. The van der Waals surface area contributed by atoms with E-state index in [9.17, 15) is 4.79 Å². The van der Waals surface area contributed by atoms with Crippen molar-refractivity contribution in [1.29, 1.82) is 5.26 Å². The van der Waals surface area contributed by atoms with Crippen molar-refractivity contribution in [1.82, 2.24) is 4.98 Å². The number of nitrogens with zero attached hydrogens (tertiary/aromatic N) is 2. The van der Waals surface area contributed by atoms with E-state index < -0.39 is 11.2 Å². The van der Waals surface area contributed by atoms with Crippen molar-refractivity contribution in [2.45, 2.75) is 24.3 Å². The normalized spacial score (nSPS) is 11.8. The minimum atomic E-state index is -0.810. The van der Waals surface area contributed by atoms with Crippen LogP contribution in [-0.2, 0) is 10.5 Å². The Kier molecular flexibility index (Phi) is 4.80. The van der Waals surface area contributed by atoms with Crippen LogP contribution in [0.15, 0.2) is 18.3 Å². The largest absolute Gasteiger partial charge is 0.480 e. The second-order valence-electron chi connectivity index (χ2n) is 3.17. The molecule has 1 N–H and O–H groups in total. The highest BCUT2D eigenvalue weighted by Gasteiger charge is 2.16. The molecule has 0 amide bonds. The highest BCUT2D eigenvalue weighted by Crippen LogP contribution is 2.21. The molecule has 0 saturated heterocycles. The van der Waals surface area contributed by atoms with Crippen LogP contribution in [0, 0.1) is 11.3 Å². The second-order valence-corrected chi connectivity index (χ2v) is 4.36. The van der Waals surface area contributed by atoms with Gasteiger partial charge < -0.3 is 5.11 Å². The zero-order valence-electron chi connectivity index (χ0n) is 8.88. The Hall–Kier alpha value is -1.54. The summed E-state index contributed by atoms with van der Waals surface area (Å²) in [6, 6.07) is 5.54. The Balaban J connectivity index is 2.67. The van der Waals surface area contributed by atoms with Crippen molar-refractivity contribution in [3.63, 3.8) is 0 Å². The second kappa shape index (κ2) is 6.13. The van der Waals surface area contributed by atoms with Gasteiger partial charge >= 0.3 is 5.97 Å². The van der Waals surface area contributed by atoms with Gasteiger partial charge in [0.1, 0.15) is 17.0 Å². The summed E-state index contributed by atoms with van der Waals surface area (Å²) in [5, 5.41) is 17.3. The minimum absolute atomic E-state index is 0.371. The number of hydrogen-bond acceptors (Lipinski definition) is 4. The first kappa shape index (κ1) is 12.5. The molecule has 0 aliphatic rings. The van der Waals surface area contributed by atoms with Gasteiger partial charge in [-0.05, 0) is 18.1 Å². The quantitative estimate of drug-likeness (QED) is 0.846. The lowest BCUT2D eigenvalue weighted by atomic mass is 10.2. The predicted octanol–water partition coefficient (Wildman–Crippen LogP) is 2.05. The molecule has 1 unspecified atom stereocenters. The Morgan fingerprint density at radius 2 is 2.50 bits per heavy atom. The molecule has 0 aliphatic carbocycles. The molecule has 84 valence electrons. The lowest BCUT2D eigenvalue weighted by molar-refractivity contribution is -0.136. The molecule has 0 fully saturated rings. The predicted molar refractivity (Wildman–Crippen MR) is 62.0 cm³/mol. The smallest absolute Gasteiger partial charge is 0.316 e. The molecular formula is C11H12N2O2S. The molecule has 1 heterocycles. The molecule has 1 aromatic heterocycles. The van der Waals surface area contributed by atoms with E-state index in [0.717, 1.165) is 5.56 Å². The van der Waals surface area contributed by atoms with Crippen LogP contribution in [0.25, 0.3) is 0 Å². The molecule has 0 bridgehead atoms. The molecule has 0 spiro atoms. The number of carboxylic acid groups (broad SMARTS) is 1. The molecule has 1 rings (SSSR count). The van der Waals surface area contributed by atoms with Gasteiger partial charge in [0.05, 0.1) is 0 Å². The van der Waals surface area contributed by atoms with E-state index in [1.165, 1.54) is 11.8 Å². The first-order valence-corrected chi connectivity index (χ1v) is 5.92. The fraction of sp³-hybridized carbons (Fsp3) is 0.364. The molecule has 16 heavy (non-hydrogen) atoms. The van der Waals surface area contributed by atoms with Crippen LogP contribution < -0.4 is 0 Å². The Bertz CT molecular complexity index is 415. The van der Waals surface area contributed by atoms with E-state index >= 15 is 0 Å². The molecule has 0 radical (unpaired) electrons. The van der Waals surface area contributed by atoms with Crippen LogP contribution in [0.2, 0.25) is 0 Å². The van der Waals surface area contributed by atoms with Crippen molar-refractivity contribution in [3.05, 3.63) is 29.6 Å². The molecule has 0 aromatic carbocycles. The van der Waals surface area contributed by atoms with Crippen molar-refractivity contribution in [2.75, 3.05) is 0 Å². The standard InChI is InChI=1S/C11H12N2O2S/c1-2-10(11(14)15)16-7-8-4-3-5-13-9(8)6-12/h3-5,10H,2,7H2,1H3,(H,14,15). The SMILES string of the molecule is CCC(SCc1cccnc1C#N)C(=O)O. The maximum absolute atomic E-state index is 10.8. The molecule has 5 heteroatoms. The Morgan fingerprint density at radius 3 is 3.06 bits per heavy atom. The molecule has 0 aliphatic heterocycles. The number of nitriles is 1. The third-order valence-corrected chi connectivity index (χ3v) is 3.50. The number of aliphatic carboxylic acids is 1. The van der Waals surface area contributed by atoms with Crippen molar-refractivity contribution in [2.24, 2.45) is 0 Å². The highest BCUT2D eigenvalue weighted by molar-refractivity contribution is 7.99. The number of pyridine rings is 1. The summed E-state index contributed by atoms with van der Waals surface area (Å²) < 4.78 is 0. The Labute approximate surface area is 98.3 Å². The van der Waals surface area contributed by atoms with E-state index in [-0.39, 0.29) is 0 Å². The number of carboxylic acids is 1. The average molecular weight is 236 g/mol. The van der Waals surface area contributed by atoms with Crippen molar-refractivity contribution in [3.8, 4) is 6.07 Å². The maximum atomic E-state index is 10.8. The summed E-state index contributed by atoms with van der Waals surface area (Å²) >= 11 is 1.32. The zero-order chi connectivity index (χ0) is 12.0. The number of aromatic nitrogens is 1. The zero-order valence-corrected chi connectivity index (χ0v) is 9.70. The summed E-state index contributed by atoms with van der Waals surface area (Å²) in [5.41, 5.74) is 1.16. The van der Waals surface area contributed by atoms with E-state index in [0.29, 0.717) is 17.9 Å². The van der Waals surface area contributed by atoms with E-state index in [1.54, 1.807) is 18.3 Å². The van der Waals surface area contributed by atoms with Gasteiger partial charge in [0.2, 0.25) is 0 Å². The topological polar surface area (TPSA) is 74.0 Å². The number of thioether (sulfide) groups is 1. The fourth-order valence-corrected chi connectivity index (χ4v) is 2.20. The number of rotatable bonds is 5. The summed E-state index contributed by atoms with van der Waals surface area (Å²) in [6.45, 7) is 1.83. The van der Waals surface area contributed by atoms with E-state index in [4.69, 9.17) is 10.4 Å². The lowest BCUT2D eigenvalue weighted by Crippen LogP contribution is -2.15. The van der Waals surface area contributed by atoms with E-state index in [1.807, 2.05) is 13.0 Å². The molecule has 4 nitrogen and oxygen atoms in total. The monoisotopic (exact) mass is 236 g/mol. The molecule has 0 saturated carbocycles. The van der Waals surface area contributed by atoms with Crippen LogP contribution in [0.5, 0.6) is 0 Å². The van der Waals surface area contributed by atoms with Crippen LogP contribution in [0.4, 0.5) is 0 Å². The van der Waals surface area contributed by atoms with Gasteiger partial charge in [-0.25, -0.2) is 4.98 Å². The van der Waals surface area contributed by atoms with Crippen molar-refractivity contribution < 1.29 is 9.90 Å². The van der Waals surface area contributed by atoms with Crippen LogP contribution in [0.3, 0.4) is 0 Å². The minimum Gasteiger partial charge on any atom is -0.480 e. The van der Waals surface area contributed by atoms with Gasteiger partial charge in [0, 0.05) is 11.9 Å². The summed E-state index contributed by atoms with van der Waals surface area (Å²) in [6.07, 6.45) is 2.13. The highest BCUT2D eigenvalue weighted by atomic mass is 32.2. The van der Waals surface area contributed by atoms with Gasteiger partial charge in [-0.1, -0.05) is 13.0 Å². The van der Waals surface area contributed by atoms with E-state index in [2.05, 4.69) is 4.98 Å². The third-order valence-electron chi connectivity index (χ3n) is 2.08. The summed E-state index contributed by atoms with van der Waals surface area (Å²) in [7, 11) is 0. The van der Waals surface area contributed by atoms with Gasteiger partial charge in [0.15, 0.2) is 0 Å². The van der Waals surface area contributed by atoms with Crippen molar-refractivity contribution >= 4 is 17.7 Å². The summed E-state index contributed by atoms with van der Waals surface area (Å²) in [4.78, 5) is 14.7. The fourth-order valence-electron chi connectivity index (χ4n) is 1.21. The lowest BCUT2D eigenvalue weighted by Gasteiger charge is -2.09. The van der Waals surface area contributed by atoms with Crippen LogP contribution >= 0.6 is 11.8 Å². The van der Waals surface area contributed by atoms with Gasteiger partial charge in [-0.2, -0.15) is 5.26 Å². The maximum Gasteiger partial charge on any atom is 0.316 e. The third kappa shape index (κ3) is 3.24. The van der Waals surface area contributed by atoms with Gasteiger partial charge in [0.25, 0.3) is 0 Å². The number of carbonyl (C=O) groups is 1. The first-order chi connectivity index (χ1) is 7.69. The average Bonchev–Trinajstić information content (AvgIpc) is 2.30. The molecule has 1 atom stereocenters. The summed E-state index contributed by atoms with van der Waals surface area (Å²) in [5.74, 6) is -0.309. The first-order valence-electron chi connectivity index (χ1n) is 4.87. The Morgan fingerprint density at radius 1 is 1.75 bits per heavy atom. The molecular weight excluding hydrogens is 224 g/mol. The van der Waals surface area contributed by atoms with Gasteiger partial charge in [-0.3, -0.25) is 4.79 Å². The van der Waals surface area contributed by atoms with Gasteiger partial charge in [-0.15, -0.1) is 11.8 Å².